The molecule has 0 aromatic carbocycles. The summed E-state index contributed by atoms with van der Waals surface area (Å²) in [5.41, 5.74) is 0. The lowest BCUT2D eigenvalue weighted by Gasteiger charge is -2.36. The van der Waals surface area contributed by atoms with E-state index in [0.717, 1.165) is 25.3 Å². The van der Waals surface area contributed by atoms with Crippen molar-refractivity contribution in [3.8, 4) is 0 Å². The van der Waals surface area contributed by atoms with Crippen molar-refractivity contribution in [2.24, 2.45) is 7.05 Å². The van der Waals surface area contributed by atoms with E-state index in [4.69, 9.17) is 0 Å². The van der Waals surface area contributed by atoms with Gasteiger partial charge in [-0.2, -0.15) is 0 Å². The second-order valence-electron chi connectivity index (χ2n) is 5.06. The van der Waals surface area contributed by atoms with Crippen LogP contribution < -0.4 is 0 Å². The second-order valence-corrected chi connectivity index (χ2v) is 5.06. The molecule has 5 heteroatoms. The Bertz CT molecular complexity index is 350. The van der Waals surface area contributed by atoms with Crippen LogP contribution in [-0.2, 0) is 13.6 Å². The van der Waals surface area contributed by atoms with Crippen molar-refractivity contribution < 1.29 is 5.11 Å². The van der Waals surface area contributed by atoms with Crippen LogP contribution in [0.25, 0.3) is 0 Å². The SMILES string of the molecule is CC(O)CC1CCCCN1Cc1nncn1C. The number of nitrogens with zero attached hydrogens (tertiary/aromatic N) is 4. The summed E-state index contributed by atoms with van der Waals surface area (Å²) in [4.78, 5) is 2.43. The lowest BCUT2D eigenvalue weighted by atomic mass is 9.97. The van der Waals surface area contributed by atoms with Gasteiger partial charge in [0, 0.05) is 13.1 Å². The van der Waals surface area contributed by atoms with Crippen LogP contribution in [0.4, 0.5) is 0 Å². The summed E-state index contributed by atoms with van der Waals surface area (Å²) >= 11 is 0. The molecule has 0 radical (unpaired) electrons. The highest BCUT2D eigenvalue weighted by Gasteiger charge is 2.24. The zero-order chi connectivity index (χ0) is 12.3. The number of piperidine rings is 1. The number of aromatic nitrogens is 3. The third kappa shape index (κ3) is 3.26. The van der Waals surface area contributed by atoms with E-state index in [-0.39, 0.29) is 6.10 Å². The van der Waals surface area contributed by atoms with Crippen LogP contribution in [0.15, 0.2) is 6.33 Å². The van der Waals surface area contributed by atoms with Crippen molar-refractivity contribution in [2.45, 2.75) is 51.3 Å². The number of aryl methyl sites for hydroxylation is 1. The molecule has 1 aromatic rings. The first-order chi connectivity index (χ1) is 8.16. The maximum absolute atomic E-state index is 9.54. The van der Waals surface area contributed by atoms with Gasteiger partial charge in [-0.05, 0) is 32.7 Å². The van der Waals surface area contributed by atoms with Crippen LogP contribution in [0.2, 0.25) is 0 Å². The van der Waals surface area contributed by atoms with Gasteiger partial charge >= 0.3 is 0 Å². The Morgan fingerprint density at radius 2 is 2.35 bits per heavy atom. The summed E-state index contributed by atoms with van der Waals surface area (Å²) in [5.74, 6) is 1.00. The van der Waals surface area contributed by atoms with Crippen LogP contribution in [-0.4, -0.2) is 43.5 Å². The number of rotatable bonds is 4. The Morgan fingerprint density at radius 3 is 3.00 bits per heavy atom. The lowest BCUT2D eigenvalue weighted by molar-refractivity contribution is 0.0793. The predicted molar refractivity (Wildman–Crippen MR) is 65.3 cm³/mol. The first-order valence-electron chi connectivity index (χ1n) is 6.42. The van der Waals surface area contributed by atoms with E-state index >= 15 is 0 Å². The van der Waals surface area contributed by atoms with Crippen LogP contribution in [0.1, 0.15) is 38.4 Å². The minimum atomic E-state index is -0.222. The molecular formula is C12H22N4O. The van der Waals surface area contributed by atoms with Gasteiger partial charge in [0.25, 0.3) is 0 Å². The number of hydrogen-bond donors (Lipinski definition) is 1. The summed E-state index contributed by atoms with van der Waals surface area (Å²) in [7, 11) is 1.98. The van der Waals surface area contributed by atoms with E-state index in [1.807, 2.05) is 18.5 Å². The van der Waals surface area contributed by atoms with E-state index < -0.39 is 0 Å². The molecule has 96 valence electrons. The summed E-state index contributed by atoms with van der Waals surface area (Å²) < 4.78 is 1.97. The van der Waals surface area contributed by atoms with E-state index in [0.29, 0.717) is 6.04 Å². The minimum Gasteiger partial charge on any atom is -0.393 e. The molecule has 17 heavy (non-hydrogen) atoms. The highest BCUT2D eigenvalue weighted by Crippen LogP contribution is 2.22. The lowest BCUT2D eigenvalue weighted by Crippen LogP contribution is -2.41. The van der Waals surface area contributed by atoms with Crippen LogP contribution in [0, 0.1) is 0 Å². The van der Waals surface area contributed by atoms with Gasteiger partial charge in [0.05, 0.1) is 12.6 Å². The van der Waals surface area contributed by atoms with Crippen molar-refractivity contribution in [3.63, 3.8) is 0 Å². The molecule has 1 saturated heterocycles. The quantitative estimate of drug-likeness (QED) is 0.848. The van der Waals surface area contributed by atoms with E-state index in [1.54, 1.807) is 6.33 Å². The molecule has 0 spiro atoms. The van der Waals surface area contributed by atoms with Gasteiger partial charge in [-0.15, -0.1) is 10.2 Å². The third-order valence-corrected chi connectivity index (χ3v) is 3.51. The summed E-state index contributed by atoms with van der Waals surface area (Å²) in [6.45, 7) is 3.81. The average Bonchev–Trinajstić information content (AvgIpc) is 2.67. The van der Waals surface area contributed by atoms with Crippen molar-refractivity contribution in [3.05, 3.63) is 12.2 Å². The fourth-order valence-corrected chi connectivity index (χ4v) is 2.56. The molecule has 0 aliphatic carbocycles. The zero-order valence-electron chi connectivity index (χ0n) is 10.7. The molecule has 2 heterocycles. The standard InChI is InChI=1S/C12H22N4O/c1-10(17)7-11-5-3-4-6-16(11)8-12-14-13-9-15(12)2/h9-11,17H,3-8H2,1-2H3. The van der Waals surface area contributed by atoms with Gasteiger partial charge in [-0.1, -0.05) is 6.42 Å². The van der Waals surface area contributed by atoms with Crippen molar-refractivity contribution in [1.29, 1.82) is 0 Å². The first-order valence-corrected chi connectivity index (χ1v) is 6.42. The Balaban J connectivity index is 1.99. The largest absolute Gasteiger partial charge is 0.393 e. The fourth-order valence-electron chi connectivity index (χ4n) is 2.56. The molecule has 5 nitrogen and oxygen atoms in total. The summed E-state index contributed by atoms with van der Waals surface area (Å²) in [6.07, 6.45) is 6.07. The van der Waals surface area contributed by atoms with Gasteiger partial charge < -0.3 is 9.67 Å². The molecule has 1 N–H and O–H groups in total. The van der Waals surface area contributed by atoms with E-state index in [1.165, 1.54) is 19.3 Å². The number of hydrogen-bond acceptors (Lipinski definition) is 4. The molecule has 0 bridgehead atoms. The van der Waals surface area contributed by atoms with Gasteiger partial charge in [-0.3, -0.25) is 4.90 Å². The maximum atomic E-state index is 9.54. The highest BCUT2D eigenvalue weighted by molar-refractivity contribution is 4.88. The Kier molecular flexibility index (Phi) is 4.12. The monoisotopic (exact) mass is 238 g/mol. The molecular weight excluding hydrogens is 216 g/mol. The number of likely N-dealkylation sites (tertiary alicyclic amines) is 1. The van der Waals surface area contributed by atoms with Gasteiger partial charge in [0.1, 0.15) is 12.2 Å². The fraction of sp³-hybridized carbons (Fsp3) is 0.833. The van der Waals surface area contributed by atoms with Crippen LogP contribution >= 0.6 is 0 Å². The Hall–Kier alpha value is -0.940. The molecule has 1 aliphatic rings. The van der Waals surface area contributed by atoms with Gasteiger partial charge in [0.2, 0.25) is 0 Å². The first kappa shape index (κ1) is 12.5. The molecule has 0 amide bonds. The topological polar surface area (TPSA) is 54.2 Å². The summed E-state index contributed by atoms with van der Waals surface area (Å²) in [5, 5.41) is 17.6. The smallest absolute Gasteiger partial charge is 0.146 e. The third-order valence-electron chi connectivity index (χ3n) is 3.51. The van der Waals surface area contributed by atoms with Crippen molar-refractivity contribution in [2.75, 3.05) is 6.54 Å². The number of aliphatic hydroxyl groups excluding tert-OH is 1. The highest BCUT2D eigenvalue weighted by atomic mass is 16.3. The maximum Gasteiger partial charge on any atom is 0.146 e. The van der Waals surface area contributed by atoms with Crippen molar-refractivity contribution in [1.82, 2.24) is 19.7 Å². The van der Waals surface area contributed by atoms with Crippen molar-refractivity contribution >= 4 is 0 Å². The molecule has 2 unspecified atom stereocenters. The second kappa shape index (κ2) is 5.60. The molecule has 1 fully saturated rings. The molecule has 2 atom stereocenters. The molecule has 0 saturated carbocycles. The van der Waals surface area contributed by atoms with Gasteiger partial charge in [0.15, 0.2) is 0 Å². The molecule has 1 aliphatic heterocycles. The van der Waals surface area contributed by atoms with E-state index in [2.05, 4.69) is 15.1 Å². The predicted octanol–water partition coefficient (Wildman–Crippen LogP) is 0.940. The average molecular weight is 238 g/mol. The molecule has 1 aromatic heterocycles. The Labute approximate surface area is 102 Å². The Morgan fingerprint density at radius 1 is 1.53 bits per heavy atom. The van der Waals surface area contributed by atoms with Gasteiger partial charge in [-0.25, -0.2) is 0 Å². The van der Waals surface area contributed by atoms with E-state index in [9.17, 15) is 5.11 Å². The minimum absolute atomic E-state index is 0.222. The summed E-state index contributed by atoms with van der Waals surface area (Å²) in [6, 6.07) is 0.487. The zero-order valence-corrected chi connectivity index (χ0v) is 10.7. The number of aliphatic hydroxyl groups is 1. The van der Waals surface area contributed by atoms with Crippen LogP contribution in [0.5, 0.6) is 0 Å². The molecule has 2 rings (SSSR count). The van der Waals surface area contributed by atoms with Crippen LogP contribution in [0.3, 0.4) is 0 Å². The normalized spacial score (nSPS) is 23.8.